The number of methoxy groups -OCH3 is 1. The average Bonchev–Trinajstić information content (AvgIpc) is 2.54. The Morgan fingerprint density at radius 3 is 2.75 bits per heavy atom. The predicted molar refractivity (Wildman–Crippen MR) is 61.6 cm³/mol. The number of rotatable bonds is 2. The van der Waals surface area contributed by atoms with E-state index in [0.717, 1.165) is 5.46 Å². The molecular formula is C11H14BNO3. The maximum absolute atomic E-state index is 5.73. The van der Waals surface area contributed by atoms with Crippen LogP contribution < -0.4 is 10.2 Å². The number of nitrogens with zero attached hydrogens (tertiary/aromatic N) is 1. The molecule has 0 unspecified atom stereocenters. The van der Waals surface area contributed by atoms with Gasteiger partial charge >= 0.3 is 7.12 Å². The number of ether oxygens (including phenoxy) is 1. The minimum absolute atomic E-state index is 0.454. The molecule has 1 fully saturated rings. The van der Waals surface area contributed by atoms with Crippen molar-refractivity contribution >= 4 is 12.6 Å². The van der Waals surface area contributed by atoms with E-state index >= 15 is 0 Å². The maximum atomic E-state index is 5.73. The lowest BCUT2D eigenvalue weighted by atomic mass is 9.80. The molecule has 1 aliphatic rings. The summed E-state index contributed by atoms with van der Waals surface area (Å²) < 4.78 is 16.4. The van der Waals surface area contributed by atoms with Crippen LogP contribution in [0, 0.1) is 0 Å². The zero-order valence-corrected chi connectivity index (χ0v) is 9.69. The van der Waals surface area contributed by atoms with Crippen LogP contribution in [0.1, 0.15) is 13.8 Å². The van der Waals surface area contributed by atoms with Crippen molar-refractivity contribution in [2.45, 2.75) is 19.4 Å². The first-order valence-corrected chi connectivity index (χ1v) is 5.06. The predicted octanol–water partition coefficient (Wildman–Crippen LogP) is 1.12. The fourth-order valence-corrected chi connectivity index (χ4v) is 1.44. The molecule has 0 amide bonds. The molecular weight excluding hydrogens is 205 g/mol. The van der Waals surface area contributed by atoms with Crippen molar-refractivity contribution < 1.29 is 14.0 Å². The van der Waals surface area contributed by atoms with Crippen molar-refractivity contribution in [2.75, 3.05) is 7.11 Å². The second kappa shape index (κ2) is 3.83. The van der Waals surface area contributed by atoms with Crippen LogP contribution in [0.4, 0.5) is 0 Å². The molecule has 2 heterocycles. The topological polar surface area (TPSA) is 40.6 Å². The van der Waals surface area contributed by atoms with Crippen LogP contribution in [-0.4, -0.2) is 24.8 Å². The van der Waals surface area contributed by atoms with Crippen LogP contribution in [0.25, 0.3) is 0 Å². The molecule has 0 N–H and O–H groups in total. The molecule has 4 nitrogen and oxygen atoms in total. The summed E-state index contributed by atoms with van der Waals surface area (Å²) in [6.07, 6.45) is 3.33. The van der Waals surface area contributed by atoms with Gasteiger partial charge in [0.2, 0.25) is 0 Å². The monoisotopic (exact) mass is 219 g/mol. The number of pyridine rings is 1. The van der Waals surface area contributed by atoms with Crippen LogP contribution in [0.2, 0.25) is 0 Å². The Hall–Kier alpha value is -1.49. The highest BCUT2D eigenvalue weighted by molar-refractivity contribution is 6.62. The molecule has 5 heteroatoms. The molecule has 0 saturated carbocycles. The number of hydrogen-bond acceptors (Lipinski definition) is 4. The van der Waals surface area contributed by atoms with Crippen molar-refractivity contribution in [3.63, 3.8) is 0 Å². The van der Waals surface area contributed by atoms with Gasteiger partial charge in [-0.25, -0.2) is 0 Å². The molecule has 0 atom stereocenters. The summed E-state index contributed by atoms with van der Waals surface area (Å²) in [5, 5.41) is 0. The van der Waals surface area contributed by atoms with Gasteiger partial charge in [0.05, 0.1) is 19.1 Å². The Morgan fingerprint density at radius 1 is 1.44 bits per heavy atom. The lowest BCUT2D eigenvalue weighted by Crippen LogP contribution is -2.34. The number of hydrogen-bond donors (Lipinski definition) is 0. The van der Waals surface area contributed by atoms with Crippen LogP contribution in [0.3, 0.4) is 0 Å². The third-order valence-electron chi connectivity index (χ3n) is 2.56. The van der Waals surface area contributed by atoms with E-state index in [2.05, 4.69) is 11.6 Å². The Balaban J connectivity index is 2.23. The van der Waals surface area contributed by atoms with E-state index < -0.39 is 12.7 Å². The smallest absolute Gasteiger partial charge is 0.534 e. The largest absolute Gasteiger partial charge is 0.565 e. The quantitative estimate of drug-likeness (QED) is 0.699. The molecule has 2 rings (SSSR count). The summed E-state index contributed by atoms with van der Waals surface area (Å²) in [4.78, 5) is 4.06. The molecule has 0 bridgehead atoms. The van der Waals surface area contributed by atoms with Gasteiger partial charge in [-0.05, 0) is 19.9 Å². The van der Waals surface area contributed by atoms with Crippen molar-refractivity contribution in [2.24, 2.45) is 0 Å². The van der Waals surface area contributed by atoms with Gasteiger partial charge in [0.25, 0.3) is 0 Å². The summed E-state index contributed by atoms with van der Waals surface area (Å²) >= 11 is 0. The van der Waals surface area contributed by atoms with E-state index in [1.165, 1.54) is 0 Å². The van der Waals surface area contributed by atoms with E-state index in [-0.39, 0.29) is 0 Å². The Labute approximate surface area is 95.4 Å². The van der Waals surface area contributed by atoms with Crippen molar-refractivity contribution in [1.82, 2.24) is 4.98 Å². The van der Waals surface area contributed by atoms with Crippen LogP contribution in [0.15, 0.2) is 30.8 Å². The SMILES string of the molecule is C=C1OB(c2cncc(OC)c2)OC1(C)C. The Morgan fingerprint density at radius 2 is 2.19 bits per heavy atom. The van der Waals surface area contributed by atoms with Gasteiger partial charge in [0.1, 0.15) is 11.4 Å². The van der Waals surface area contributed by atoms with E-state index in [9.17, 15) is 0 Å². The van der Waals surface area contributed by atoms with Crippen molar-refractivity contribution in [3.8, 4) is 5.75 Å². The summed E-state index contributed by atoms with van der Waals surface area (Å²) in [6.45, 7) is 7.67. The Kier molecular flexibility index (Phi) is 2.64. The van der Waals surface area contributed by atoms with Gasteiger partial charge in [-0.3, -0.25) is 4.98 Å². The first-order chi connectivity index (χ1) is 7.53. The third-order valence-corrected chi connectivity index (χ3v) is 2.56. The lowest BCUT2D eigenvalue weighted by molar-refractivity contribution is 0.173. The molecule has 16 heavy (non-hydrogen) atoms. The highest BCUT2D eigenvalue weighted by atomic mass is 16.7. The molecule has 1 aromatic heterocycles. The summed E-state index contributed by atoms with van der Waals surface area (Å²) in [5.41, 5.74) is 0.361. The van der Waals surface area contributed by atoms with Gasteiger partial charge < -0.3 is 14.0 Å². The van der Waals surface area contributed by atoms with Crippen LogP contribution in [0.5, 0.6) is 5.75 Å². The van der Waals surface area contributed by atoms with Gasteiger partial charge in [0.15, 0.2) is 0 Å². The first-order valence-electron chi connectivity index (χ1n) is 5.06. The van der Waals surface area contributed by atoms with E-state index in [1.807, 2.05) is 19.9 Å². The molecule has 1 saturated heterocycles. The molecule has 1 aliphatic heterocycles. The molecule has 0 radical (unpaired) electrons. The molecule has 84 valence electrons. The standard InChI is InChI=1S/C11H14BNO3/c1-8-11(2,3)16-12(15-8)9-5-10(14-4)7-13-6-9/h5-7H,1H2,2-4H3. The zero-order chi connectivity index (χ0) is 11.8. The van der Waals surface area contributed by atoms with E-state index in [4.69, 9.17) is 14.0 Å². The first kappa shape index (κ1) is 11.0. The fraction of sp³-hybridized carbons (Fsp3) is 0.364. The van der Waals surface area contributed by atoms with E-state index in [0.29, 0.717) is 11.5 Å². The van der Waals surface area contributed by atoms with Gasteiger partial charge in [-0.15, -0.1) is 0 Å². The summed E-state index contributed by atoms with van der Waals surface area (Å²) in [6, 6.07) is 1.84. The van der Waals surface area contributed by atoms with Gasteiger partial charge in [-0.2, -0.15) is 0 Å². The van der Waals surface area contributed by atoms with Crippen LogP contribution >= 0.6 is 0 Å². The maximum Gasteiger partial charge on any atom is 0.565 e. The number of aromatic nitrogens is 1. The lowest BCUT2D eigenvalue weighted by Gasteiger charge is -2.15. The van der Waals surface area contributed by atoms with Crippen LogP contribution in [-0.2, 0) is 9.31 Å². The summed E-state index contributed by atoms with van der Waals surface area (Å²) in [5.74, 6) is 1.31. The normalized spacial score (nSPS) is 18.4. The fourth-order valence-electron chi connectivity index (χ4n) is 1.44. The average molecular weight is 219 g/mol. The van der Waals surface area contributed by atoms with Gasteiger partial charge in [-0.1, -0.05) is 6.58 Å². The molecule has 0 aromatic carbocycles. The van der Waals surface area contributed by atoms with Gasteiger partial charge in [0, 0.05) is 11.7 Å². The van der Waals surface area contributed by atoms with Crippen molar-refractivity contribution in [3.05, 3.63) is 30.8 Å². The molecule has 1 aromatic rings. The molecule has 0 aliphatic carbocycles. The zero-order valence-electron chi connectivity index (χ0n) is 9.69. The second-order valence-electron chi connectivity index (χ2n) is 4.16. The van der Waals surface area contributed by atoms with E-state index in [1.54, 1.807) is 19.5 Å². The van der Waals surface area contributed by atoms with Crippen molar-refractivity contribution in [1.29, 1.82) is 0 Å². The Bertz CT molecular complexity index is 419. The highest BCUT2D eigenvalue weighted by Crippen LogP contribution is 2.29. The highest BCUT2D eigenvalue weighted by Gasteiger charge is 2.43. The minimum Gasteiger partial charge on any atom is -0.534 e. The summed E-state index contributed by atoms with van der Waals surface area (Å²) in [7, 11) is 1.14. The minimum atomic E-state index is -0.465. The second-order valence-corrected chi connectivity index (χ2v) is 4.16. The molecule has 0 spiro atoms. The third kappa shape index (κ3) is 1.90.